The van der Waals surface area contributed by atoms with E-state index < -0.39 is 0 Å². The Hall–Kier alpha value is -3.01. The lowest BCUT2D eigenvalue weighted by atomic mass is 10.1. The van der Waals surface area contributed by atoms with Crippen molar-refractivity contribution >= 4 is 23.2 Å². The maximum absolute atomic E-state index is 12.4. The quantitative estimate of drug-likeness (QED) is 0.569. The van der Waals surface area contributed by atoms with Gasteiger partial charge < -0.3 is 24.8 Å². The number of thiophene rings is 1. The summed E-state index contributed by atoms with van der Waals surface area (Å²) in [5.41, 5.74) is 1.66. The van der Waals surface area contributed by atoms with Crippen LogP contribution in [0.2, 0.25) is 0 Å². The molecule has 0 spiro atoms. The van der Waals surface area contributed by atoms with Gasteiger partial charge in [0, 0.05) is 16.6 Å². The summed E-state index contributed by atoms with van der Waals surface area (Å²) in [5.74, 6) is 1.23. The molecule has 0 bridgehead atoms. The maximum atomic E-state index is 12.4. The van der Waals surface area contributed by atoms with Crippen LogP contribution < -0.4 is 15.4 Å². The second-order valence-electron chi connectivity index (χ2n) is 7.74. The number of para-hydroxylation sites is 1. The van der Waals surface area contributed by atoms with Crippen LogP contribution in [-0.2, 0) is 20.7 Å². The van der Waals surface area contributed by atoms with Gasteiger partial charge in [0.05, 0.1) is 44.5 Å². The van der Waals surface area contributed by atoms with E-state index in [9.17, 15) is 4.79 Å². The van der Waals surface area contributed by atoms with Crippen LogP contribution in [0.15, 0.2) is 54.0 Å². The minimum atomic E-state index is -0.197. The van der Waals surface area contributed by atoms with Crippen molar-refractivity contribution in [3.05, 3.63) is 58.9 Å². The topological polar surface area (TPSA) is 94.6 Å². The molecule has 0 aliphatic carbocycles. The molecule has 8 nitrogen and oxygen atoms in total. The number of nitrogens with zero attached hydrogens (tertiary/aromatic N) is 2. The van der Waals surface area contributed by atoms with Crippen molar-refractivity contribution in [1.82, 2.24) is 15.3 Å². The normalized spacial score (nSPS) is 24.2. The molecule has 2 fully saturated rings. The number of rotatable bonds is 7. The van der Waals surface area contributed by atoms with Crippen molar-refractivity contribution in [2.75, 3.05) is 25.6 Å². The van der Waals surface area contributed by atoms with Gasteiger partial charge in [-0.05, 0) is 29.6 Å². The smallest absolute Gasteiger partial charge is 0.225 e. The van der Waals surface area contributed by atoms with Gasteiger partial charge >= 0.3 is 0 Å². The number of nitrogens with one attached hydrogen (secondary N) is 2. The number of carbonyl (C=O) groups excluding carboxylic acids is 1. The minimum absolute atomic E-state index is 0.0189. The zero-order valence-electron chi connectivity index (χ0n) is 17.6. The maximum Gasteiger partial charge on any atom is 0.225 e. The summed E-state index contributed by atoms with van der Waals surface area (Å²) in [7, 11) is 1.64. The number of hydrogen-bond donors (Lipinski definition) is 2. The van der Waals surface area contributed by atoms with E-state index in [-0.39, 0.29) is 30.2 Å². The molecular weight excluding hydrogens is 428 g/mol. The lowest BCUT2D eigenvalue weighted by molar-refractivity contribution is -0.121. The highest BCUT2D eigenvalue weighted by Gasteiger charge is 2.48. The molecule has 166 valence electrons. The number of fused-ring (bicyclic) bond motifs is 1. The van der Waals surface area contributed by atoms with Crippen LogP contribution in [0.4, 0.5) is 5.95 Å². The fraction of sp³-hybridized carbons (Fsp3) is 0.348. The number of ether oxygens (including phenoxy) is 3. The van der Waals surface area contributed by atoms with Crippen molar-refractivity contribution in [3.8, 4) is 17.0 Å². The van der Waals surface area contributed by atoms with Crippen LogP contribution in [0.3, 0.4) is 0 Å². The predicted molar refractivity (Wildman–Crippen MR) is 121 cm³/mol. The van der Waals surface area contributed by atoms with Gasteiger partial charge in [0.15, 0.2) is 0 Å². The Morgan fingerprint density at radius 3 is 2.75 bits per heavy atom. The molecule has 2 aliphatic rings. The second-order valence-corrected chi connectivity index (χ2v) is 8.77. The summed E-state index contributed by atoms with van der Waals surface area (Å²) in [6.45, 7) is 0.876. The molecule has 2 aromatic heterocycles. The molecule has 3 aromatic rings. The highest BCUT2D eigenvalue weighted by Crippen LogP contribution is 2.31. The molecule has 32 heavy (non-hydrogen) atoms. The van der Waals surface area contributed by atoms with Gasteiger partial charge in [-0.25, -0.2) is 9.97 Å². The summed E-state index contributed by atoms with van der Waals surface area (Å²) >= 11 is 1.58. The summed E-state index contributed by atoms with van der Waals surface area (Å²) in [6.07, 6.45) is 1.71. The van der Waals surface area contributed by atoms with E-state index in [1.807, 2.05) is 47.8 Å². The Morgan fingerprint density at radius 2 is 1.94 bits per heavy atom. The van der Waals surface area contributed by atoms with Crippen molar-refractivity contribution in [3.63, 3.8) is 0 Å². The van der Waals surface area contributed by atoms with E-state index in [1.165, 1.54) is 0 Å². The largest absolute Gasteiger partial charge is 0.496 e. The summed E-state index contributed by atoms with van der Waals surface area (Å²) < 4.78 is 17.4. The van der Waals surface area contributed by atoms with E-state index in [2.05, 4.69) is 20.6 Å². The molecule has 0 saturated carbocycles. The SMILES string of the molecule is COc1ccccc1-c1ccnc(NC2COC3C(NC(=O)Cc4cccs4)COC23)n1. The van der Waals surface area contributed by atoms with E-state index in [0.717, 1.165) is 21.9 Å². The first kappa shape index (κ1) is 20.9. The summed E-state index contributed by atoms with van der Waals surface area (Å²) in [5, 5.41) is 8.38. The van der Waals surface area contributed by atoms with E-state index in [0.29, 0.717) is 25.6 Å². The van der Waals surface area contributed by atoms with Gasteiger partial charge in [-0.2, -0.15) is 0 Å². The van der Waals surface area contributed by atoms with E-state index in [1.54, 1.807) is 24.6 Å². The van der Waals surface area contributed by atoms with Crippen LogP contribution in [-0.4, -0.2) is 60.5 Å². The fourth-order valence-electron chi connectivity index (χ4n) is 4.18. The third kappa shape index (κ3) is 4.32. The summed E-state index contributed by atoms with van der Waals surface area (Å²) in [6, 6.07) is 13.2. The monoisotopic (exact) mass is 452 g/mol. The first-order valence-corrected chi connectivity index (χ1v) is 11.4. The van der Waals surface area contributed by atoms with Crippen LogP contribution in [0.1, 0.15) is 4.88 Å². The average Bonchev–Trinajstić information content (AvgIpc) is 3.55. The zero-order chi connectivity index (χ0) is 21.9. The molecule has 9 heteroatoms. The standard InChI is InChI=1S/C23H24N4O4S/c1-29-19-7-3-2-6-15(19)16-8-9-24-23(26-16)27-18-13-31-21-17(12-30-22(18)21)25-20(28)11-14-5-4-10-32-14/h2-10,17-18,21-22H,11-13H2,1H3,(H,25,28)(H,24,26,27). The second kappa shape index (κ2) is 9.23. The Balaban J connectivity index is 1.23. The van der Waals surface area contributed by atoms with Crippen molar-refractivity contribution < 1.29 is 19.0 Å². The minimum Gasteiger partial charge on any atom is -0.496 e. The summed E-state index contributed by atoms with van der Waals surface area (Å²) in [4.78, 5) is 22.5. The van der Waals surface area contributed by atoms with E-state index >= 15 is 0 Å². The van der Waals surface area contributed by atoms with E-state index in [4.69, 9.17) is 14.2 Å². The van der Waals surface area contributed by atoms with Gasteiger partial charge in [-0.3, -0.25) is 4.79 Å². The van der Waals surface area contributed by atoms with Gasteiger partial charge in [0.1, 0.15) is 18.0 Å². The molecule has 4 unspecified atom stereocenters. The van der Waals surface area contributed by atoms with Crippen molar-refractivity contribution in [2.45, 2.75) is 30.7 Å². The third-order valence-electron chi connectivity index (χ3n) is 5.67. The molecule has 4 heterocycles. The van der Waals surface area contributed by atoms with Crippen LogP contribution in [0.25, 0.3) is 11.3 Å². The van der Waals surface area contributed by atoms with Crippen molar-refractivity contribution in [1.29, 1.82) is 0 Å². The molecule has 0 radical (unpaired) electrons. The Bertz CT molecular complexity index is 1080. The number of aromatic nitrogens is 2. The fourth-order valence-corrected chi connectivity index (χ4v) is 4.88. The zero-order valence-corrected chi connectivity index (χ0v) is 18.4. The predicted octanol–water partition coefficient (Wildman–Crippen LogP) is 2.52. The first-order chi connectivity index (χ1) is 15.7. The Kier molecular flexibility index (Phi) is 6.02. The molecule has 2 aliphatic heterocycles. The Morgan fingerprint density at radius 1 is 1.12 bits per heavy atom. The molecule has 2 saturated heterocycles. The molecule has 4 atom stereocenters. The molecule has 2 N–H and O–H groups in total. The van der Waals surface area contributed by atoms with Crippen LogP contribution in [0.5, 0.6) is 5.75 Å². The van der Waals surface area contributed by atoms with Crippen molar-refractivity contribution in [2.24, 2.45) is 0 Å². The first-order valence-electron chi connectivity index (χ1n) is 10.5. The highest BCUT2D eigenvalue weighted by molar-refractivity contribution is 7.10. The van der Waals surface area contributed by atoms with Gasteiger partial charge in [-0.15, -0.1) is 11.3 Å². The number of benzene rings is 1. The molecule has 1 amide bonds. The number of hydrogen-bond acceptors (Lipinski definition) is 8. The number of carbonyl (C=O) groups is 1. The average molecular weight is 453 g/mol. The van der Waals surface area contributed by atoms with Gasteiger partial charge in [0.25, 0.3) is 0 Å². The lowest BCUT2D eigenvalue weighted by Gasteiger charge is -2.18. The van der Waals surface area contributed by atoms with Crippen LogP contribution >= 0.6 is 11.3 Å². The van der Waals surface area contributed by atoms with Gasteiger partial charge in [0.2, 0.25) is 11.9 Å². The third-order valence-corrected chi connectivity index (χ3v) is 6.54. The molecule has 5 rings (SSSR count). The molecule has 1 aromatic carbocycles. The van der Waals surface area contributed by atoms with Gasteiger partial charge in [-0.1, -0.05) is 18.2 Å². The lowest BCUT2D eigenvalue weighted by Crippen LogP contribution is -2.45. The number of methoxy groups -OCH3 is 1. The Labute approximate surface area is 189 Å². The molecular formula is C23H24N4O4S. The highest BCUT2D eigenvalue weighted by atomic mass is 32.1. The number of amides is 1. The van der Waals surface area contributed by atoms with Crippen LogP contribution in [0, 0.1) is 0 Å². The number of anilines is 1.